The zero-order valence-corrected chi connectivity index (χ0v) is 21.0. The van der Waals surface area contributed by atoms with Gasteiger partial charge in [0.15, 0.2) is 6.29 Å². The highest BCUT2D eigenvalue weighted by Gasteiger charge is 2.31. The predicted molar refractivity (Wildman–Crippen MR) is 130 cm³/mol. The lowest BCUT2D eigenvalue weighted by atomic mass is 9.94. The fourth-order valence-corrected chi connectivity index (χ4v) is 3.97. The Morgan fingerprint density at radius 1 is 0.697 bits per heavy atom. The topological polar surface area (TPSA) is 124 Å². The SMILES string of the molecule is CCCCCCCCCCC(CCCCCCCC)C(=O)OC[C@@H](O)[C@@H](O)[C@H](O)[C@@H](O)C=O. The molecule has 0 bridgehead atoms. The number of rotatable bonds is 23. The standard InChI is InChI=1S/C26H50O7/c1-3-5-7-9-11-12-14-16-18-21(17-15-13-10-8-6-4-2)26(32)33-20-23(29)25(31)24(30)22(28)19-27/h19,21-25,28-31H,3-18,20H2,1-2H3/t21?,22-,23+,24+,25+/m0/s1. The van der Waals surface area contributed by atoms with E-state index in [4.69, 9.17) is 4.74 Å². The van der Waals surface area contributed by atoms with Crippen LogP contribution in [0.1, 0.15) is 117 Å². The normalized spacial score (nSPS) is 16.1. The summed E-state index contributed by atoms with van der Waals surface area (Å²) in [7, 11) is 0. The number of hydrogen-bond donors (Lipinski definition) is 4. The molecule has 0 aliphatic heterocycles. The van der Waals surface area contributed by atoms with Gasteiger partial charge in [-0.25, -0.2) is 0 Å². The molecule has 1 unspecified atom stereocenters. The summed E-state index contributed by atoms with van der Waals surface area (Å²) >= 11 is 0. The third-order valence-corrected chi connectivity index (χ3v) is 6.28. The Morgan fingerprint density at radius 3 is 1.55 bits per heavy atom. The Hall–Kier alpha value is -1.02. The Labute approximate surface area is 200 Å². The average Bonchev–Trinajstić information content (AvgIpc) is 2.83. The molecule has 5 atom stereocenters. The van der Waals surface area contributed by atoms with Crippen LogP contribution in [0.15, 0.2) is 0 Å². The molecule has 0 spiro atoms. The fraction of sp³-hybridized carbons (Fsp3) is 0.923. The molecule has 0 aliphatic carbocycles. The van der Waals surface area contributed by atoms with E-state index in [1.54, 1.807) is 0 Å². The van der Waals surface area contributed by atoms with Gasteiger partial charge >= 0.3 is 5.97 Å². The molecule has 0 aromatic rings. The van der Waals surface area contributed by atoms with Crippen molar-refractivity contribution in [3.8, 4) is 0 Å². The molecule has 0 radical (unpaired) electrons. The molecule has 0 aliphatic rings. The zero-order chi connectivity index (χ0) is 24.9. The maximum Gasteiger partial charge on any atom is 0.309 e. The first-order valence-electron chi connectivity index (χ1n) is 13.2. The number of esters is 1. The number of aliphatic hydroxyl groups excluding tert-OH is 4. The maximum atomic E-state index is 12.7. The van der Waals surface area contributed by atoms with E-state index in [1.807, 2.05) is 0 Å². The van der Waals surface area contributed by atoms with E-state index >= 15 is 0 Å². The van der Waals surface area contributed by atoms with E-state index in [9.17, 15) is 30.0 Å². The number of unbranched alkanes of at least 4 members (excludes halogenated alkanes) is 12. The number of aliphatic hydroxyl groups is 4. The summed E-state index contributed by atoms with van der Waals surface area (Å²) in [5.74, 6) is -0.644. The number of ether oxygens (including phenoxy) is 1. The Bertz CT molecular complexity index is 472. The van der Waals surface area contributed by atoms with Crippen molar-refractivity contribution in [1.29, 1.82) is 0 Å². The Kier molecular flexibility index (Phi) is 20.8. The molecule has 0 saturated carbocycles. The lowest BCUT2D eigenvalue weighted by molar-refractivity contribution is -0.160. The van der Waals surface area contributed by atoms with Gasteiger partial charge in [-0.05, 0) is 12.8 Å². The van der Waals surface area contributed by atoms with Gasteiger partial charge in [-0.2, -0.15) is 0 Å². The van der Waals surface area contributed by atoms with Crippen molar-refractivity contribution >= 4 is 12.3 Å². The number of carbonyl (C=O) groups is 2. The molecule has 196 valence electrons. The zero-order valence-electron chi connectivity index (χ0n) is 21.0. The lowest BCUT2D eigenvalue weighted by Gasteiger charge is -2.24. The second-order valence-corrected chi connectivity index (χ2v) is 9.32. The van der Waals surface area contributed by atoms with Crippen molar-refractivity contribution in [1.82, 2.24) is 0 Å². The largest absolute Gasteiger partial charge is 0.463 e. The minimum absolute atomic E-state index is 0.0764. The van der Waals surface area contributed by atoms with Crippen LogP contribution in [0.3, 0.4) is 0 Å². The summed E-state index contributed by atoms with van der Waals surface area (Å²) in [4.78, 5) is 23.2. The van der Waals surface area contributed by atoms with Crippen molar-refractivity contribution in [2.75, 3.05) is 6.61 Å². The molecule has 0 saturated heterocycles. The van der Waals surface area contributed by atoms with E-state index in [0.29, 0.717) is 0 Å². The molecule has 0 fully saturated rings. The molecular formula is C26H50O7. The van der Waals surface area contributed by atoms with E-state index in [0.717, 1.165) is 44.9 Å². The van der Waals surface area contributed by atoms with Crippen LogP contribution in [0.25, 0.3) is 0 Å². The summed E-state index contributed by atoms with van der Waals surface area (Å²) in [6, 6.07) is 0. The summed E-state index contributed by atoms with van der Waals surface area (Å²) in [5, 5.41) is 38.8. The highest BCUT2D eigenvalue weighted by Crippen LogP contribution is 2.21. The second-order valence-electron chi connectivity index (χ2n) is 9.32. The second kappa shape index (κ2) is 21.5. The van der Waals surface area contributed by atoms with Crippen molar-refractivity contribution in [2.24, 2.45) is 5.92 Å². The highest BCUT2D eigenvalue weighted by atomic mass is 16.5. The van der Waals surface area contributed by atoms with Gasteiger partial charge in [0.05, 0.1) is 5.92 Å². The summed E-state index contributed by atoms with van der Waals surface area (Å²) < 4.78 is 5.24. The highest BCUT2D eigenvalue weighted by molar-refractivity contribution is 5.72. The smallest absolute Gasteiger partial charge is 0.309 e. The third-order valence-electron chi connectivity index (χ3n) is 6.28. The number of carbonyl (C=O) groups excluding carboxylic acids is 2. The average molecular weight is 475 g/mol. The third kappa shape index (κ3) is 16.3. The van der Waals surface area contributed by atoms with Crippen LogP contribution in [0, 0.1) is 5.92 Å². The Morgan fingerprint density at radius 2 is 1.12 bits per heavy atom. The van der Waals surface area contributed by atoms with Crippen LogP contribution in [0.4, 0.5) is 0 Å². The van der Waals surface area contributed by atoms with E-state index in [2.05, 4.69) is 13.8 Å². The van der Waals surface area contributed by atoms with Crippen molar-refractivity contribution in [3.63, 3.8) is 0 Å². The molecule has 7 heteroatoms. The van der Waals surface area contributed by atoms with Crippen LogP contribution in [0.2, 0.25) is 0 Å². The van der Waals surface area contributed by atoms with Crippen LogP contribution in [-0.2, 0) is 14.3 Å². The molecule has 0 heterocycles. The minimum atomic E-state index is -1.84. The van der Waals surface area contributed by atoms with Gasteiger partial charge in [0.1, 0.15) is 31.0 Å². The number of hydrogen-bond acceptors (Lipinski definition) is 7. The molecule has 4 N–H and O–H groups in total. The Balaban J connectivity index is 4.48. The van der Waals surface area contributed by atoms with Gasteiger partial charge in [-0.3, -0.25) is 4.79 Å². The van der Waals surface area contributed by atoms with Gasteiger partial charge in [-0.1, -0.05) is 104 Å². The molecular weight excluding hydrogens is 424 g/mol. The summed E-state index contributed by atoms with van der Waals surface area (Å²) in [5.41, 5.74) is 0. The van der Waals surface area contributed by atoms with Crippen LogP contribution < -0.4 is 0 Å². The molecule has 33 heavy (non-hydrogen) atoms. The lowest BCUT2D eigenvalue weighted by Crippen LogP contribution is -2.47. The quantitative estimate of drug-likeness (QED) is 0.0999. The maximum absolute atomic E-state index is 12.7. The van der Waals surface area contributed by atoms with Gasteiger partial charge < -0.3 is 30.0 Å². The molecule has 0 amide bonds. The van der Waals surface area contributed by atoms with E-state index in [1.165, 1.54) is 57.8 Å². The van der Waals surface area contributed by atoms with Gasteiger partial charge in [0.25, 0.3) is 0 Å². The molecule has 0 aromatic heterocycles. The summed E-state index contributed by atoms with van der Waals surface area (Å²) in [6.07, 6.45) is 10.9. The first-order chi connectivity index (χ1) is 15.9. The van der Waals surface area contributed by atoms with E-state index < -0.39 is 37.0 Å². The molecule has 0 rings (SSSR count). The van der Waals surface area contributed by atoms with Gasteiger partial charge in [0.2, 0.25) is 0 Å². The predicted octanol–water partition coefficient (Wildman–Crippen LogP) is 4.07. The van der Waals surface area contributed by atoms with Crippen LogP contribution >= 0.6 is 0 Å². The van der Waals surface area contributed by atoms with Crippen LogP contribution in [0.5, 0.6) is 0 Å². The number of aldehydes is 1. The fourth-order valence-electron chi connectivity index (χ4n) is 3.97. The van der Waals surface area contributed by atoms with Gasteiger partial charge in [0, 0.05) is 0 Å². The van der Waals surface area contributed by atoms with Crippen molar-refractivity contribution < 1.29 is 34.8 Å². The monoisotopic (exact) mass is 474 g/mol. The molecule has 7 nitrogen and oxygen atoms in total. The van der Waals surface area contributed by atoms with Crippen LogP contribution in [-0.4, -0.2) is 63.7 Å². The first kappa shape index (κ1) is 32.0. The molecule has 0 aromatic carbocycles. The minimum Gasteiger partial charge on any atom is -0.463 e. The summed E-state index contributed by atoms with van der Waals surface area (Å²) in [6.45, 7) is 3.90. The van der Waals surface area contributed by atoms with E-state index in [-0.39, 0.29) is 12.2 Å². The van der Waals surface area contributed by atoms with Crippen molar-refractivity contribution in [2.45, 2.75) is 141 Å². The van der Waals surface area contributed by atoms with Gasteiger partial charge in [-0.15, -0.1) is 0 Å². The first-order valence-corrected chi connectivity index (χ1v) is 13.2. The van der Waals surface area contributed by atoms with Crippen molar-refractivity contribution in [3.05, 3.63) is 0 Å².